The maximum Gasteiger partial charge on any atom is 0.335 e. The van der Waals surface area contributed by atoms with Crippen LogP contribution in [0.2, 0.25) is 10.0 Å². The van der Waals surface area contributed by atoms with E-state index in [1.807, 2.05) is 16.9 Å². The molecule has 37 heavy (non-hydrogen) atoms. The SMILES string of the molecule is O=C(O)c1ccc2nc(C3(O)CCC(OCc4c(C5CC5)cnn4-c4c(Cl)cccc4Cl)CC3)sc2c1. The molecule has 2 heterocycles. The van der Waals surface area contributed by atoms with Gasteiger partial charge in [0.25, 0.3) is 0 Å². The minimum atomic E-state index is -1.04. The van der Waals surface area contributed by atoms with Crippen LogP contribution >= 0.6 is 34.5 Å². The lowest BCUT2D eigenvalue weighted by molar-refractivity contribution is -0.0648. The quantitative estimate of drug-likeness (QED) is 0.262. The number of nitrogens with zero attached hydrogens (tertiary/aromatic N) is 3. The van der Waals surface area contributed by atoms with Crippen LogP contribution in [-0.2, 0) is 16.9 Å². The number of carboxylic acids is 1. The van der Waals surface area contributed by atoms with Gasteiger partial charge in [-0.15, -0.1) is 11.3 Å². The first-order chi connectivity index (χ1) is 17.8. The molecular formula is C27H25Cl2N3O4S. The second-order valence-corrected chi connectivity index (χ2v) is 11.7. The molecule has 2 N–H and O–H groups in total. The van der Waals surface area contributed by atoms with E-state index >= 15 is 0 Å². The van der Waals surface area contributed by atoms with E-state index in [9.17, 15) is 15.0 Å². The highest BCUT2D eigenvalue weighted by molar-refractivity contribution is 7.18. The third-order valence-electron chi connectivity index (χ3n) is 7.32. The Bertz CT molecular complexity index is 1470. The molecule has 0 saturated heterocycles. The highest BCUT2D eigenvalue weighted by Gasteiger charge is 2.38. The number of carbonyl (C=O) groups is 1. The molecule has 2 aliphatic rings. The number of aromatic nitrogens is 3. The fourth-order valence-electron chi connectivity index (χ4n) is 5.05. The number of halogens is 2. The molecule has 10 heteroatoms. The number of para-hydroxylation sites is 1. The minimum Gasteiger partial charge on any atom is -0.478 e. The monoisotopic (exact) mass is 557 g/mol. The molecular weight excluding hydrogens is 533 g/mol. The number of thiazole rings is 1. The summed E-state index contributed by atoms with van der Waals surface area (Å²) in [6.45, 7) is 0.385. The van der Waals surface area contributed by atoms with Gasteiger partial charge in [0.05, 0.1) is 50.4 Å². The molecule has 4 aromatic rings. The fraction of sp³-hybridized carbons (Fsp3) is 0.370. The van der Waals surface area contributed by atoms with Gasteiger partial charge in [-0.05, 0) is 80.3 Å². The van der Waals surface area contributed by atoms with Crippen LogP contribution in [0.25, 0.3) is 15.9 Å². The highest BCUT2D eigenvalue weighted by atomic mass is 35.5. The van der Waals surface area contributed by atoms with Crippen LogP contribution in [0.1, 0.15) is 71.1 Å². The molecule has 2 aromatic heterocycles. The van der Waals surface area contributed by atoms with E-state index in [1.165, 1.54) is 16.9 Å². The van der Waals surface area contributed by atoms with E-state index in [0.717, 1.165) is 23.2 Å². The fourth-order valence-corrected chi connectivity index (χ4v) is 6.76. The number of aromatic carboxylic acids is 1. The van der Waals surface area contributed by atoms with Crippen LogP contribution in [0, 0.1) is 0 Å². The lowest BCUT2D eigenvalue weighted by atomic mass is 9.83. The Balaban J connectivity index is 1.17. The zero-order chi connectivity index (χ0) is 25.7. The van der Waals surface area contributed by atoms with Gasteiger partial charge in [-0.3, -0.25) is 0 Å². The molecule has 0 amide bonds. The van der Waals surface area contributed by atoms with Crippen molar-refractivity contribution < 1.29 is 19.7 Å². The van der Waals surface area contributed by atoms with Crippen molar-refractivity contribution in [3.8, 4) is 5.69 Å². The van der Waals surface area contributed by atoms with Crippen LogP contribution < -0.4 is 0 Å². The van der Waals surface area contributed by atoms with Gasteiger partial charge in [-0.2, -0.15) is 5.10 Å². The normalized spacial score (nSPS) is 22.0. The summed E-state index contributed by atoms with van der Waals surface area (Å²) in [5.74, 6) is -0.484. The summed E-state index contributed by atoms with van der Waals surface area (Å²) in [4.78, 5) is 15.9. The van der Waals surface area contributed by atoms with Crippen LogP contribution in [0.3, 0.4) is 0 Å². The number of carboxylic acid groups (broad SMARTS) is 1. The number of benzene rings is 2. The molecule has 192 valence electrons. The van der Waals surface area contributed by atoms with Crippen LogP contribution in [0.15, 0.2) is 42.6 Å². The Kier molecular flexibility index (Phi) is 6.49. The zero-order valence-electron chi connectivity index (χ0n) is 19.9. The molecule has 7 nitrogen and oxygen atoms in total. The van der Waals surface area contributed by atoms with Crippen molar-refractivity contribution in [3.63, 3.8) is 0 Å². The van der Waals surface area contributed by atoms with Crippen molar-refractivity contribution in [1.82, 2.24) is 14.8 Å². The average Bonchev–Trinajstić information content (AvgIpc) is 3.49. The minimum absolute atomic E-state index is 0.00890. The second kappa shape index (κ2) is 9.67. The van der Waals surface area contributed by atoms with Crippen molar-refractivity contribution in [2.75, 3.05) is 0 Å². The van der Waals surface area contributed by atoms with E-state index in [1.54, 1.807) is 30.3 Å². The number of hydrogen-bond acceptors (Lipinski definition) is 6. The summed E-state index contributed by atoms with van der Waals surface area (Å²) in [5, 5.41) is 27.0. The van der Waals surface area contributed by atoms with Gasteiger partial charge in [0.15, 0.2) is 0 Å². The molecule has 2 fully saturated rings. The van der Waals surface area contributed by atoms with Crippen molar-refractivity contribution in [2.24, 2.45) is 0 Å². The van der Waals surface area contributed by atoms with Gasteiger partial charge in [0.2, 0.25) is 0 Å². The number of hydrogen-bond donors (Lipinski definition) is 2. The van der Waals surface area contributed by atoms with Gasteiger partial charge in [-0.1, -0.05) is 29.3 Å². The van der Waals surface area contributed by atoms with E-state index in [4.69, 9.17) is 27.9 Å². The summed E-state index contributed by atoms with van der Waals surface area (Å²) in [7, 11) is 0. The maximum atomic E-state index is 11.4. The van der Waals surface area contributed by atoms with Gasteiger partial charge in [0.1, 0.15) is 16.3 Å². The van der Waals surface area contributed by atoms with Gasteiger partial charge >= 0.3 is 5.97 Å². The highest BCUT2D eigenvalue weighted by Crippen LogP contribution is 2.44. The largest absolute Gasteiger partial charge is 0.478 e. The van der Waals surface area contributed by atoms with E-state index < -0.39 is 11.6 Å². The Labute approximate surface area is 227 Å². The van der Waals surface area contributed by atoms with Crippen LogP contribution in [0.5, 0.6) is 0 Å². The third kappa shape index (κ3) is 4.77. The smallest absolute Gasteiger partial charge is 0.335 e. The van der Waals surface area contributed by atoms with E-state index in [0.29, 0.717) is 64.5 Å². The van der Waals surface area contributed by atoms with Crippen molar-refractivity contribution in [2.45, 2.75) is 62.8 Å². The molecule has 0 bridgehead atoms. The van der Waals surface area contributed by atoms with E-state index in [2.05, 4.69) is 10.1 Å². The third-order valence-corrected chi connectivity index (χ3v) is 9.14. The summed E-state index contributed by atoms with van der Waals surface area (Å²) in [6.07, 6.45) is 6.59. The predicted octanol–water partition coefficient (Wildman–Crippen LogP) is 6.71. The van der Waals surface area contributed by atoms with Gasteiger partial charge < -0.3 is 14.9 Å². The Hall–Kier alpha value is -2.49. The van der Waals surface area contributed by atoms with Crippen molar-refractivity contribution in [1.29, 1.82) is 0 Å². The van der Waals surface area contributed by atoms with E-state index in [-0.39, 0.29) is 11.7 Å². The van der Waals surface area contributed by atoms with Crippen molar-refractivity contribution >= 4 is 50.7 Å². The molecule has 2 aromatic carbocycles. The number of ether oxygens (including phenoxy) is 1. The molecule has 0 atom stereocenters. The number of rotatable bonds is 7. The summed E-state index contributed by atoms with van der Waals surface area (Å²) in [6, 6.07) is 10.3. The molecule has 0 aliphatic heterocycles. The van der Waals surface area contributed by atoms with Gasteiger partial charge in [0, 0.05) is 0 Å². The van der Waals surface area contributed by atoms with Crippen LogP contribution in [-0.4, -0.2) is 37.1 Å². The summed E-state index contributed by atoms with van der Waals surface area (Å²) >= 11 is 14.3. The van der Waals surface area contributed by atoms with Crippen LogP contribution in [0.4, 0.5) is 0 Å². The molecule has 0 spiro atoms. The van der Waals surface area contributed by atoms with Gasteiger partial charge in [-0.25, -0.2) is 14.5 Å². The lowest BCUT2D eigenvalue weighted by Crippen LogP contribution is -2.34. The Morgan fingerprint density at radius 2 is 1.86 bits per heavy atom. The summed E-state index contributed by atoms with van der Waals surface area (Å²) in [5.41, 5.74) is 2.69. The molecule has 6 rings (SSSR count). The molecule has 0 radical (unpaired) electrons. The predicted molar refractivity (Wildman–Crippen MR) is 143 cm³/mol. The maximum absolute atomic E-state index is 11.4. The molecule has 2 aliphatic carbocycles. The second-order valence-electron chi connectivity index (χ2n) is 9.85. The first-order valence-corrected chi connectivity index (χ1v) is 13.9. The first-order valence-electron chi connectivity index (χ1n) is 12.3. The molecule has 2 saturated carbocycles. The zero-order valence-corrected chi connectivity index (χ0v) is 22.2. The average molecular weight is 558 g/mol. The summed E-state index contributed by atoms with van der Waals surface area (Å²) < 4.78 is 8.95. The molecule has 0 unspecified atom stereocenters. The number of fused-ring (bicyclic) bond motifs is 1. The Morgan fingerprint density at radius 3 is 2.54 bits per heavy atom. The number of aliphatic hydroxyl groups is 1. The standard InChI is InChI=1S/C27H25Cl2N3O4S/c28-19-2-1-3-20(29)24(19)32-22(18(13-30-32)15-4-5-15)14-36-17-8-10-27(35,11-9-17)26-31-21-7-6-16(25(33)34)12-23(21)37-26/h1-3,6-7,12-13,15,17,35H,4-5,8-11,14H2,(H,33,34). The first kappa shape index (κ1) is 24.8. The Morgan fingerprint density at radius 1 is 1.14 bits per heavy atom. The lowest BCUT2D eigenvalue weighted by Gasteiger charge is -2.34. The van der Waals surface area contributed by atoms with Crippen molar-refractivity contribution in [3.05, 3.63) is 74.5 Å². The topological polar surface area (TPSA) is 97.5 Å².